The summed E-state index contributed by atoms with van der Waals surface area (Å²) in [7, 11) is 1.57. The van der Waals surface area contributed by atoms with Crippen LogP contribution in [0.4, 0.5) is 5.69 Å². The number of benzene rings is 2. The van der Waals surface area contributed by atoms with Crippen molar-refractivity contribution in [2.45, 2.75) is 19.4 Å². The van der Waals surface area contributed by atoms with E-state index >= 15 is 0 Å². The molecule has 0 aliphatic carbocycles. The fourth-order valence-electron chi connectivity index (χ4n) is 3.09. The van der Waals surface area contributed by atoms with Crippen LogP contribution in [0.3, 0.4) is 0 Å². The Morgan fingerprint density at radius 2 is 1.83 bits per heavy atom. The Labute approximate surface area is 170 Å². The molecule has 1 heterocycles. The van der Waals surface area contributed by atoms with Crippen LogP contribution < -0.4 is 14.8 Å². The van der Waals surface area contributed by atoms with E-state index in [0.717, 1.165) is 0 Å². The van der Waals surface area contributed by atoms with E-state index in [2.05, 4.69) is 5.32 Å². The first-order valence-corrected chi connectivity index (χ1v) is 9.70. The summed E-state index contributed by atoms with van der Waals surface area (Å²) in [5.74, 6) is 0.770. The highest BCUT2D eigenvalue weighted by atomic mass is 16.5. The first kappa shape index (κ1) is 20.7. The van der Waals surface area contributed by atoms with Gasteiger partial charge in [-0.3, -0.25) is 9.59 Å². The summed E-state index contributed by atoms with van der Waals surface area (Å²) in [5.41, 5.74) is 0.931. The maximum Gasteiger partial charge on any atom is 0.265 e. The Morgan fingerprint density at radius 3 is 2.55 bits per heavy atom. The van der Waals surface area contributed by atoms with Gasteiger partial charge in [0.25, 0.3) is 11.8 Å². The first-order chi connectivity index (χ1) is 14.1. The highest BCUT2D eigenvalue weighted by molar-refractivity contribution is 6.04. The summed E-state index contributed by atoms with van der Waals surface area (Å²) in [4.78, 5) is 27.5. The molecule has 1 aliphatic rings. The molecule has 1 atom stereocenters. The Balaban J connectivity index is 1.72. The molecule has 0 spiro atoms. The number of carbonyl (C=O) groups is 2. The summed E-state index contributed by atoms with van der Waals surface area (Å²) in [6.45, 7) is 3.99. The number of para-hydroxylation sites is 1. The van der Waals surface area contributed by atoms with E-state index in [4.69, 9.17) is 14.2 Å². The second kappa shape index (κ2) is 9.93. The molecule has 7 nitrogen and oxygen atoms in total. The van der Waals surface area contributed by atoms with Gasteiger partial charge in [0.2, 0.25) is 0 Å². The van der Waals surface area contributed by atoms with Crippen LogP contribution in [0.15, 0.2) is 48.5 Å². The van der Waals surface area contributed by atoms with Crippen LogP contribution in [-0.2, 0) is 9.53 Å². The number of methoxy groups -OCH3 is 1. The van der Waals surface area contributed by atoms with Gasteiger partial charge in [0, 0.05) is 19.2 Å². The molecule has 0 bridgehead atoms. The first-order valence-electron chi connectivity index (χ1n) is 9.70. The van der Waals surface area contributed by atoms with Crippen LogP contribution in [0.25, 0.3) is 0 Å². The molecule has 1 aliphatic heterocycles. The third kappa shape index (κ3) is 5.26. The predicted molar refractivity (Wildman–Crippen MR) is 109 cm³/mol. The molecule has 7 heteroatoms. The van der Waals surface area contributed by atoms with Crippen LogP contribution >= 0.6 is 0 Å². The lowest BCUT2D eigenvalue weighted by Gasteiger charge is -2.27. The van der Waals surface area contributed by atoms with Crippen molar-refractivity contribution in [3.63, 3.8) is 0 Å². The van der Waals surface area contributed by atoms with Gasteiger partial charge in [0.15, 0.2) is 6.10 Å². The van der Waals surface area contributed by atoms with Gasteiger partial charge < -0.3 is 24.4 Å². The van der Waals surface area contributed by atoms with Gasteiger partial charge >= 0.3 is 0 Å². The second-order valence-electron chi connectivity index (χ2n) is 6.63. The lowest BCUT2D eigenvalue weighted by atomic mass is 10.1. The van der Waals surface area contributed by atoms with Gasteiger partial charge in [-0.05, 0) is 30.7 Å². The van der Waals surface area contributed by atoms with Crippen molar-refractivity contribution in [1.29, 1.82) is 0 Å². The molecule has 0 radical (unpaired) electrons. The molecular formula is C22H26N2O5. The van der Waals surface area contributed by atoms with E-state index in [1.807, 2.05) is 6.92 Å². The number of nitrogens with zero attached hydrogens (tertiary/aromatic N) is 1. The summed E-state index contributed by atoms with van der Waals surface area (Å²) in [6, 6.07) is 14.1. The maximum atomic E-state index is 12.9. The third-order valence-electron chi connectivity index (χ3n) is 4.70. The van der Waals surface area contributed by atoms with Crippen molar-refractivity contribution in [2.24, 2.45) is 0 Å². The standard InChI is InChI=1S/C22H26N2O5/c1-3-20(29-17-8-6-7-16(15-17)27-2)21(25)23-19-10-5-4-9-18(19)22(26)24-11-13-28-14-12-24/h4-10,15,20H,3,11-14H2,1-2H3,(H,23,25). The fourth-order valence-corrected chi connectivity index (χ4v) is 3.09. The lowest BCUT2D eigenvalue weighted by Crippen LogP contribution is -2.41. The summed E-state index contributed by atoms with van der Waals surface area (Å²) in [5, 5.41) is 2.86. The highest BCUT2D eigenvalue weighted by Gasteiger charge is 2.24. The molecule has 1 unspecified atom stereocenters. The van der Waals surface area contributed by atoms with Crippen molar-refractivity contribution >= 4 is 17.5 Å². The third-order valence-corrected chi connectivity index (χ3v) is 4.70. The van der Waals surface area contributed by atoms with Crippen LogP contribution in [-0.4, -0.2) is 56.2 Å². The lowest BCUT2D eigenvalue weighted by molar-refractivity contribution is -0.122. The number of anilines is 1. The minimum Gasteiger partial charge on any atom is -0.497 e. The Hall–Kier alpha value is -3.06. The number of hydrogen-bond acceptors (Lipinski definition) is 5. The molecule has 2 amide bonds. The van der Waals surface area contributed by atoms with Crippen LogP contribution in [0, 0.1) is 0 Å². The Bertz CT molecular complexity index is 849. The number of carbonyl (C=O) groups excluding carboxylic acids is 2. The normalized spacial score (nSPS) is 14.8. The van der Waals surface area contributed by atoms with Crippen molar-refractivity contribution < 1.29 is 23.8 Å². The number of rotatable bonds is 7. The van der Waals surface area contributed by atoms with E-state index in [0.29, 0.717) is 55.5 Å². The fraction of sp³-hybridized carbons (Fsp3) is 0.364. The summed E-state index contributed by atoms with van der Waals surface area (Å²) in [6.07, 6.45) is -0.226. The number of nitrogens with one attached hydrogen (secondary N) is 1. The van der Waals surface area contributed by atoms with Gasteiger partial charge in [0.1, 0.15) is 11.5 Å². The minimum atomic E-state index is -0.700. The van der Waals surface area contributed by atoms with Crippen molar-refractivity contribution in [1.82, 2.24) is 4.90 Å². The van der Waals surface area contributed by atoms with Gasteiger partial charge in [-0.2, -0.15) is 0 Å². The van der Waals surface area contributed by atoms with E-state index in [9.17, 15) is 9.59 Å². The average molecular weight is 398 g/mol. The molecule has 1 N–H and O–H groups in total. The molecule has 2 aromatic rings. The second-order valence-corrected chi connectivity index (χ2v) is 6.63. The van der Waals surface area contributed by atoms with Crippen LogP contribution in [0.5, 0.6) is 11.5 Å². The molecule has 1 saturated heterocycles. The zero-order chi connectivity index (χ0) is 20.6. The maximum absolute atomic E-state index is 12.9. The highest BCUT2D eigenvalue weighted by Crippen LogP contribution is 2.22. The smallest absolute Gasteiger partial charge is 0.265 e. The van der Waals surface area contributed by atoms with E-state index in [-0.39, 0.29) is 11.8 Å². The predicted octanol–water partition coefficient (Wildman–Crippen LogP) is 2.96. The van der Waals surface area contributed by atoms with Gasteiger partial charge in [0.05, 0.1) is 31.6 Å². The molecule has 2 aromatic carbocycles. The Kier molecular flexibility index (Phi) is 7.08. The van der Waals surface area contributed by atoms with Crippen LogP contribution in [0.2, 0.25) is 0 Å². The zero-order valence-electron chi connectivity index (χ0n) is 16.7. The van der Waals surface area contributed by atoms with Gasteiger partial charge in [-0.15, -0.1) is 0 Å². The number of hydrogen-bond donors (Lipinski definition) is 1. The van der Waals surface area contributed by atoms with Crippen LogP contribution in [0.1, 0.15) is 23.7 Å². The molecular weight excluding hydrogens is 372 g/mol. The number of amides is 2. The van der Waals surface area contributed by atoms with E-state index in [1.54, 1.807) is 60.5 Å². The quantitative estimate of drug-likeness (QED) is 0.776. The van der Waals surface area contributed by atoms with Gasteiger partial charge in [-0.1, -0.05) is 25.1 Å². The molecule has 1 fully saturated rings. The SMILES string of the molecule is CCC(Oc1cccc(OC)c1)C(=O)Nc1ccccc1C(=O)N1CCOCC1. The Morgan fingerprint density at radius 1 is 1.10 bits per heavy atom. The average Bonchev–Trinajstić information content (AvgIpc) is 2.78. The zero-order valence-corrected chi connectivity index (χ0v) is 16.7. The minimum absolute atomic E-state index is 0.119. The van der Waals surface area contributed by atoms with Gasteiger partial charge in [-0.25, -0.2) is 0 Å². The molecule has 0 saturated carbocycles. The monoisotopic (exact) mass is 398 g/mol. The van der Waals surface area contributed by atoms with Crippen molar-refractivity contribution in [3.8, 4) is 11.5 Å². The summed E-state index contributed by atoms with van der Waals surface area (Å²) < 4.78 is 16.4. The van der Waals surface area contributed by atoms with E-state index in [1.165, 1.54) is 0 Å². The van der Waals surface area contributed by atoms with E-state index < -0.39 is 6.10 Å². The van der Waals surface area contributed by atoms with Crippen molar-refractivity contribution in [3.05, 3.63) is 54.1 Å². The molecule has 3 rings (SSSR count). The topological polar surface area (TPSA) is 77.1 Å². The number of ether oxygens (including phenoxy) is 3. The molecule has 0 aromatic heterocycles. The largest absolute Gasteiger partial charge is 0.497 e. The van der Waals surface area contributed by atoms with Crippen molar-refractivity contribution in [2.75, 3.05) is 38.7 Å². The molecule has 154 valence electrons. The number of morpholine rings is 1. The summed E-state index contributed by atoms with van der Waals surface area (Å²) >= 11 is 0. The molecule has 29 heavy (non-hydrogen) atoms.